The van der Waals surface area contributed by atoms with Gasteiger partial charge < -0.3 is 19.6 Å². The van der Waals surface area contributed by atoms with Crippen molar-refractivity contribution >= 4 is 40.6 Å². The van der Waals surface area contributed by atoms with E-state index in [4.69, 9.17) is 33.1 Å². The Labute approximate surface area is 255 Å². The lowest BCUT2D eigenvalue weighted by atomic mass is 10.0. The predicted molar refractivity (Wildman–Crippen MR) is 153 cm³/mol. The highest BCUT2D eigenvalue weighted by atomic mass is 35.5. The number of carboxylic acids is 1. The zero-order chi connectivity index (χ0) is 31.8. The van der Waals surface area contributed by atoms with Crippen LogP contribution in [0.3, 0.4) is 0 Å². The first-order chi connectivity index (χ1) is 20.8. The van der Waals surface area contributed by atoms with Crippen LogP contribution in [0.15, 0.2) is 71.8 Å². The molecule has 2 aromatic carbocycles. The second kappa shape index (κ2) is 12.2. The van der Waals surface area contributed by atoms with E-state index >= 15 is 0 Å². The monoisotopic (exact) mass is 649 g/mol. The highest BCUT2D eigenvalue weighted by molar-refractivity contribution is 6.42. The molecule has 1 amide bonds. The Morgan fingerprint density at radius 1 is 1.05 bits per heavy atom. The molecule has 6 rings (SSSR count). The Bertz CT molecular complexity index is 1940. The number of hydrogen-bond acceptors (Lipinski definition) is 4. The summed E-state index contributed by atoms with van der Waals surface area (Å²) in [6.07, 6.45) is -1.44. The lowest BCUT2D eigenvalue weighted by molar-refractivity contribution is -0.192. The molecule has 0 saturated heterocycles. The van der Waals surface area contributed by atoms with Gasteiger partial charge in [0.2, 0.25) is 0 Å². The number of benzene rings is 2. The molecule has 9 nitrogen and oxygen atoms in total. The van der Waals surface area contributed by atoms with Gasteiger partial charge in [-0.2, -0.15) is 13.2 Å². The van der Waals surface area contributed by atoms with Crippen LogP contribution in [0, 0.1) is 5.82 Å². The van der Waals surface area contributed by atoms with Crippen LogP contribution in [-0.2, 0) is 24.3 Å². The molecule has 5 aromatic rings. The number of carbonyl (C=O) groups excluding carboxylic acids is 1. The van der Waals surface area contributed by atoms with Crippen LogP contribution in [0.2, 0.25) is 10.2 Å². The van der Waals surface area contributed by atoms with E-state index in [0.717, 1.165) is 17.1 Å². The Kier molecular flexibility index (Phi) is 8.53. The highest BCUT2D eigenvalue weighted by Crippen LogP contribution is 2.28. The van der Waals surface area contributed by atoms with Crippen LogP contribution < -0.4 is 5.56 Å². The van der Waals surface area contributed by atoms with Gasteiger partial charge in [0.25, 0.3) is 11.5 Å². The van der Waals surface area contributed by atoms with Crippen molar-refractivity contribution in [2.75, 3.05) is 6.54 Å². The maximum Gasteiger partial charge on any atom is 0.490 e. The number of aliphatic carboxylic acids is 1. The van der Waals surface area contributed by atoms with E-state index in [9.17, 15) is 27.2 Å². The van der Waals surface area contributed by atoms with Gasteiger partial charge in [0.15, 0.2) is 0 Å². The van der Waals surface area contributed by atoms with Crippen LogP contribution in [0.1, 0.15) is 27.4 Å². The van der Waals surface area contributed by atoms with E-state index in [2.05, 4.69) is 14.5 Å². The Morgan fingerprint density at radius 3 is 2.43 bits per heavy atom. The number of carbonyl (C=O) groups is 2. The van der Waals surface area contributed by atoms with Gasteiger partial charge in [0, 0.05) is 31.4 Å². The standard InChI is InChI=1S/C27H20Cl2FN5O2.C2HF3O2/c28-20-12-22-26(36)32-13-18(35(22)25(20)29)10-16-6-7-21(30)19(11-16)27(37)33-8-9-34-23(14-31-24(34)15-33)17-4-2-1-3-5-17;3-2(4,5)1(6)7/h1-7,11-14H,8-10,15H2,(H,32,36);(H,6,7). The number of hydrogen-bond donors (Lipinski definition) is 2. The summed E-state index contributed by atoms with van der Waals surface area (Å²) >= 11 is 12.5. The molecule has 4 heterocycles. The molecule has 0 bridgehead atoms. The molecule has 228 valence electrons. The molecule has 3 aromatic heterocycles. The number of aromatic nitrogens is 4. The molecular weight excluding hydrogens is 629 g/mol. The molecule has 15 heteroatoms. The first-order valence-electron chi connectivity index (χ1n) is 12.9. The number of rotatable bonds is 4. The minimum absolute atomic E-state index is 0.0157. The number of halogens is 6. The molecule has 0 atom stereocenters. The molecule has 44 heavy (non-hydrogen) atoms. The fraction of sp³-hybridized carbons (Fsp3) is 0.172. The Hall–Kier alpha value is -4.62. The van der Waals surface area contributed by atoms with E-state index in [0.29, 0.717) is 36.3 Å². The Balaban J connectivity index is 0.000000493. The second-order valence-electron chi connectivity index (χ2n) is 9.71. The molecule has 0 unspecified atom stereocenters. The van der Waals surface area contributed by atoms with E-state index < -0.39 is 23.9 Å². The highest BCUT2D eigenvalue weighted by Gasteiger charge is 2.38. The lowest BCUT2D eigenvalue weighted by Crippen LogP contribution is -2.39. The summed E-state index contributed by atoms with van der Waals surface area (Å²) in [7, 11) is 0. The van der Waals surface area contributed by atoms with Crippen molar-refractivity contribution in [1.82, 2.24) is 23.8 Å². The molecular formula is C29H21Cl2F4N5O4. The third kappa shape index (κ3) is 6.19. The molecule has 2 N–H and O–H groups in total. The van der Waals surface area contributed by atoms with Crippen molar-refractivity contribution in [3.63, 3.8) is 0 Å². The maximum absolute atomic E-state index is 14.8. The van der Waals surface area contributed by atoms with Gasteiger partial charge in [-0.05, 0) is 29.3 Å². The number of imidazole rings is 1. The number of amides is 1. The van der Waals surface area contributed by atoms with Gasteiger partial charge in [0.05, 0.1) is 29.0 Å². The average Bonchev–Trinajstić information content (AvgIpc) is 3.56. The third-order valence-electron chi connectivity index (χ3n) is 6.90. The maximum atomic E-state index is 14.8. The van der Waals surface area contributed by atoms with Crippen molar-refractivity contribution < 1.29 is 32.3 Å². The van der Waals surface area contributed by atoms with Gasteiger partial charge in [0.1, 0.15) is 22.3 Å². The van der Waals surface area contributed by atoms with Gasteiger partial charge in [-0.3, -0.25) is 14.0 Å². The second-order valence-corrected chi connectivity index (χ2v) is 10.5. The summed E-state index contributed by atoms with van der Waals surface area (Å²) in [4.78, 5) is 43.3. The average molecular weight is 650 g/mol. The number of aromatic amines is 1. The normalized spacial score (nSPS) is 12.9. The number of nitrogens with one attached hydrogen (secondary N) is 1. The summed E-state index contributed by atoms with van der Waals surface area (Å²) in [5.74, 6) is -3.00. The van der Waals surface area contributed by atoms with Gasteiger partial charge in [-0.15, -0.1) is 0 Å². The van der Waals surface area contributed by atoms with Crippen LogP contribution in [-0.4, -0.2) is 53.5 Å². The molecule has 0 aliphatic carbocycles. The summed E-state index contributed by atoms with van der Waals surface area (Å²) in [6, 6.07) is 15.9. The van der Waals surface area contributed by atoms with E-state index in [-0.39, 0.29) is 27.8 Å². The quantitative estimate of drug-likeness (QED) is 0.238. The zero-order valence-electron chi connectivity index (χ0n) is 22.4. The largest absolute Gasteiger partial charge is 0.490 e. The van der Waals surface area contributed by atoms with Gasteiger partial charge >= 0.3 is 12.1 Å². The SMILES string of the molecule is O=C(O)C(F)(F)F.O=C(c1cc(Cc2c[nH]c(=O)c3cc(Cl)c(Cl)n23)ccc1F)N1CCn2c(-c3ccccc3)cnc2C1. The van der Waals surface area contributed by atoms with Crippen LogP contribution in [0.5, 0.6) is 0 Å². The van der Waals surface area contributed by atoms with Crippen molar-refractivity contribution in [2.45, 2.75) is 25.7 Å². The number of fused-ring (bicyclic) bond motifs is 2. The Morgan fingerprint density at radius 2 is 1.75 bits per heavy atom. The zero-order valence-corrected chi connectivity index (χ0v) is 23.9. The van der Waals surface area contributed by atoms with Gasteiger partial charge in [-0.25, -0.2) is 14.2 Å². The van der Waals surface area contributed by atoms with E-state index in [1.54, 1.807) is 21.4 Å². The fourth-order valence-corrected chi connectivity index (χ4v) is 5.26. The first kappa shape index (κ1) is 30.8. The molecule has 1 aliphatic heterocycles. The summed E-state index contributed by atoms with van der Waals surface area (Å²) in [5, 5.41) is 7.60. The third-order valence-corrected chi connectivity index (χ3v) is 7.65. The van der Waals surface area contributed by atoms with Crippen LogP contribution >= 0.6 is 23.2 Å². The summed E-state index contributed by atoms with van der Waals surface area (Å²) in [5.41, 5.74) is 3.34. The van der Waals surface area contributed by atoms with Gasteiger partial charge in [-0.1, -0.05) is 59.6 Å². The number of carboxylic acid groups (broad SMARTS) is 1. The number of alkyl halides is 3. The minimum atomic E-state index is -5.08. The van der Waals surface area contributed by atoms with Crippen molar-refractivity contribution in [3.05, 3.63) is 116 Å². The molecule has 0 radical (unpaired) electrons. The smallest absolute Gasteiger partial charge is 0.475 e. The van der Waals surface area contributed by atoms with Crippen molar-refractivity contribution in [2.24, 2.45) is 0 Å². The van der Waals surface area contributed by atoms with Crippen LogP contribution in [0.25, 0.3) is 16.8 Å². The molecule has 0 spiro atoms. The molecule has 0 saturated carbocycles. The van der Waals surface area contributed by atoms with Crippen molar-refractivity contribution in [3.8, 4) is 11.3 Å². The van der Waals surface area contributed by atoms with E-state index in [1.807, 2.05) is 36.5 Å². The van der Waals surface area contributed by atoms with Crippen LogP contribution in [0.4, 0.5) is 17.6 Å². The number of nitrogens with zero attached hydrogens (tertiary/aromatic N) is 4. The van der Waals surface area contributed by atoms with Crippen molar-refractivity contribution in [1.29, 1.82) is 0 Å². The first-order valence-corrected chi connectivity index (χ1v) is 13.7. The predicted octanol–water partition coefficient (Wildman–Crippen LogP) is 5.82. The fourth-order valence-electron chi connectivity index (χ4n) is 4.82. The lowest BCUT2D eigenvalue weighted by Gasteiger charge is -2.29. The topological polar surface area (TPSA) is 113 Å². The number of H-pyrrole nitrogens is 1. The summed E-state index contributed by atoms with van der Waals surface area (Å²) in [6.45, 7) is 1.28. The molecule has 1 aliphatic rings. The van der Waals surface area contributed by atoms with E-state index in [1.165, 1.54) is 18.3 Å². The minimum Gasteiger partial charge on any atom is -0.475 e. The molecule has 0 fully saturated rings. The summed E-state index contributed by atoms with van der Waals surface area (Å²) < 4.78 is 50.2.